The Morgan fingerprint density at radius 2 is 2.12 bits per heavy atom. The van der Waals surface area contributed by atoms with Crippen LogP contribution < -0.4 is 10.2 Å². The number of nitrogens with zero attached hydrogens (tertiary/aromatic N) is 5. The Hall–Kier alpha value is -2.86. The molecule has 128 valence electrons. The van der Waals surface area contributed by atoms with Crippen LogP contribution >= 0.6 is 11.3 Å². The van der Waals surface area contributed by atoms with Gasteiger partial charge in [-0.15, -0.1) is 11.3 Å². The fourth-order valence-electron chi connectivity index (χ4n) is 2.59. The molecule has 0 spiro atoms. The van der Waals surface area contributed by atoms with Crippen molar-refractivity contribution in [2.75, 3.05) is 18.0 Å². The fraction of sp³-hybridized carbons (Fsp3) is 0.375. The number of aromatic nitrogens is 3. The third kappa shape index (κ3) is 3.64. The van der Waals surface area contributed by atoms with Crippen molar-refractivity contribution in [1.82, 2.24) is 20.3 Å². The fourth-order valence-corrected chi connectivity index (χ4v) is 3.44. The minimum absolute atomic E-state index is 0.000531. The van der Waals surface area contributed by atoms with Crippen molar-refractivity contribution >= 4 is 28.3 Å². The molecule has 3 heterocycles. The maximum absolute atomic E-state index is 12.5. The number of hydrogen-bond acceptors (Lipinski definition) is 7. The highest BCUT2D eigenvalue weighted by molar-refractivity contribution is 7.14. The van der Waals surface area contributed by atoms with Crippen LogP contribution in [0, 0.1) is 25.2 Å². The molecule has 1 N–H and O–H groups in total. The third-order valence-electron chi connectivity index (χ3n) is 3.69. The summed E-state index contributed by atoms with van der Waals surface area (Å²) in [5.74, 6) is -1.12. The second-order valence-corrected chi connectivity index (χ2v) is 6.56. The van der Waals surface area contributed by atoms with Crippen molar-refractivity contribution in [3.05, 3.63) is 34.4 Å². The molecule has 2 aromatic rings. The molecule has 8 nitrogen and oxygen atoms in total. The van der Waals surface area contributed by atoms with Crippen LogP contribution in [-0.2, 0) is 11.2 Å². The van der Waals surface area contributed by atoms with E-state index in [4.69, 9.17) is 0 Å². The van der Waals surface area contributed by atoms with Crippen molar-refractivity contribution in [2.45, 2.75) is 26.2 Å². The molecule has 1 aliphatic rings. The molecule has 0 unspecified atom stereocenters. The van der Waals surface area contributed by atoms with Crippen LogP contribution in [0.1, 0.15) is 28.8 Å². The Morgan fingerprint density at radius 3 is 2.72 bits per heavy atom. The van der Waals surface area contributed by atoms with Crippen molar-refractivity contribution in [2.24, 2.45) is 0 Å². The van der Waals surface area contributed by atoms with E-state index in [1.165, 1.54) is 16.2 Å². The summed E-state index contributed by atoms with van der Waals surface area (Å²) in [6, 6.07) is 3.59. The maximum atomic E-state index is 12.5. The van der Waals surface area contributed by atoms with E-state index in [0.29, 0.717) is 35.3 Å². The number of ketones is 1. The topological polar surface area (TPSA) is 112 Å². The Kier molecular flexibility index (Phi) is 4.72. The standard InChI is InChI=1S/C16H16N6O2S/c1-9-5-10(2)20-14(19-9)12(7-17)13(23)6-11-8-25-16(21-11)22-4-3-18-15(22)24/h5,8,12H,3-4,6H2,1-2H3,(H,18,24)/t12-/m1/s1. The molecule has 25 heavy (non-hydrogen) atoms. The highest BCUT2D eigenvalue weighted by Crippen LogP contribution is 2.23. The molecule has 1 aliphatic heterocycles. The molecular formula is C16H16N6O2S. The van der Waals surface area contributed by atoms with Gasteiger partial charge in [0.1, 0.15) is 0 Å². The first kappa shape index (κ1) is 17.0. The van der Waals surface area contributed by atoms with Crippen LogP contribution in [0.25, 0.3) is 0 Å². The van der Waals surface area contributed by atoms with Crippen LogP contribution in [-0.4, -0.2) is 39.9 Å². The molecule has 0 aliphatic carbocycles. The molecule has 1 atom stereocenters. The maximum Gasteiger partial charge on any atom is 0.323 e. The van der Waals surface area contributed by atoms with Gasteiger partial charge in [0, 0.05) is 29.9 Å². The van der Waals surface area contributed by atoms with Gasteiger partial charge in [-0.2, -0.15) is 5.26 Å². The minimum atomic E-state index is -1.03. The normalized spacial score (nSPS) is 14.9. The van der Waals surface area contributed by atoms with Gasteiger partial charge in [0.25, 0.3) is 0 Å². The number of Topliss-reactive ketones (excluding diaryl/α,β-unsaturated/α-hetero) is 1. The zero-order valence-corrected chi connectivity index (χ0v) is 14.6. The van der Waals surface area contributed by atoms with Crippen molar-refractivity contribution in [3.63, 3.8) is 0 Å². The summed E-state index contributed by atoms with van der Waals surface area (Å²) in [6.45, 7) is 4.72. The number of thiazole rings is 1. The molecule has 2 amide bonds. The van der Waals surface area contributed by atoms with E-state index in [9.17, 15) is 14.9 Å². The second kappa shape index (κ2) is 6.94. The first-order chi connectivity index (χ1) is 12.0. The SMILES string of the molecule is Cc1cc(C)nc([C@H](C#N)C(=O)Cc2csc(N3CCNC3=O)n2)n1. The molecule has 3 rings (SSSR count). The van der Waals surface area contributed by atoms with E-state index in [0.717, 1.165) is 0 Å². The summed E-state index contributed by atoms with van der Waals surface area (Å²) < 4.78 is 0. The molecule has 0 aromatic carbocycles. The Morgan fingerprint density at radius 1 is 1.40 bits per heavy atom. The lowest BCUT2D eigenvalue weighted by Crippen LogP contribution is -2.27. The van der Waals surface area contributed by atoms with Crippen LogP contribution in [0.3, 0.4) is 0 Å². The summed E-state index contributed by atoms with van der Waals surface area (Å²) in [6.07, 6.45) is 0.000531. The lowest BCUT2D eigenvalue weighted by atomic mass is 10.0. The lowest BCUT2D eigenvalue weighted by Gasteiger charge is -2.09. The van der Waals surface area contributed by atoms with Gasteiger partial charge in [-0.25, -0.2) is 19.7 Å². The number of hydrogen-bond donors (Lipinski definition) is 1. The predicted molar refractivity (Wildman–Crippen MR) is 91.4 cm³/mol. The van der Waals surface area contributed by atoms with Gasteiger partial charge in [0.15, 0.2) is 22.7 Å². The molecular weight excluding hydrogens is 340 g/mol. The van der Waals surface area contributed by atoms with E-state index < -0.39 is 5.92 Å². The largest absolute Gasteiger partial charge is 0.336 e. The summed E-state index contributed by atoms with van der Waals surface area (Å²) in [5, 5.41) is 14.4. The van der Waals surface area contributed by atoms with Gasteiger partial charge in [0.05, 0.1) is 18.2 Å². The quantitative estimate of drug-likeness (QED) is 0.869. The van der Waals surface area contributed by atoms with E-state index in [2.05, 4.69) is 20.3 Å². The zero-order chi connectivity index (χ0) is 18.0. The van der Waals surface area contributed by atoms with Crippen LogP contribution in [0.15, 0.2) is 11.4 Å². The number of carbonyl (C=O) groups excluding carboxylic acids is 2. The Labute approximate surface area is 148 Å². The van der Waals surface area contributed by atoms with Crippen LogP contribution in [0.2, 0.25) is 0 Å². The Balaban J connectivity index is 1.75. The average molecular weight is 356 g/mol. The molecule has 1 saturated heterocycles. The summed E-state index contributed by atoms with van der Waals surface area (Å²) in [7, 11) is 0. The summed E-state index contributed by atoms with van der Waals surface area (Å²) >= 11 is 1.30. The summed E-state index contributed by atoms with van der Waals surface area (Å²) in [4.78, 5) is 38.5. The van der Waals surface area contributed by atoms with Crippen molar-refractivity contribution < 1.29 is 9.59 Å². The molecule has 0 saturated carbocycles. The highest BCUT2D eigenvalue weighted by atomic mass is 32.1. The molecule has 0 radical (unpaired) electrons. The van der Waals surface area contributed by atoms with Gasteiger partial charge < -0.3 is 5.32 Å². The average Bonchev–Trinajstić information content (AvgIpc) is 3.15. The number of anilines is 1. The number of urea groups is 1. The number of amides is 2. The Bertz CT molecular complexity index is 852. The van der Waals surface area contributed by atoms with Crippen molar-refractivity contribution in [3.8, 4) is 6.07 Å². The van der Waals surface area contributed by atoms with Gasteiger partial charge in [-0.05, 0) is 19.9 Å². The van der Waals surface area contributed by atoms with Gasteiger partial charge in [-0.3, -0.25) is 9.69 Å². The monoisotopic (exact) mass is 356 g/mol. The second-order valence-electron chi connectivity index (χ2n) is 5.72. The first-order valence-corrected chi connectivity index (χ1v) is 8.60. The predicted octanol–water partition coefficient (Wildman–Crippen LogP) is 1.50. The minimum Gasteiger partial charge on any atom is -0.336 e. The van der Waals surface area contributed by atoms with E-state index >= 15 is 0 Å². The van der Waals surface area contributed by atoms with E-state index in [1.807, 2.05) is 6.07 Å². The number of rotatable bonds is 5. The number of nitrogens with one attached hydrogen (secondary N) is 1. The molecule has 9 heteroatoms. The molecule has 0 bridgehead atoms. The number of carbonyl (C=O) groups is 2. The van der Waals surface area contributed by atoms with E-state index in [1.54, 1.807) is 25.3 Å². The summed E-state index contributed by atoms with van der Waals surface area (Å²) in [5.41, 5.74) is 1.97. The smallest absolute Gasteiger partial charge is 0.323 e. The van der Waals surface area contributed by atoms with E-state index in [-0.39, 0.29) is 24.1 Å². The van der Waals surface area contributed by atoms with Gasteiger partial charge >= 0.3 is 6.03 Å². The zero-order valence-electron chi connectivity index (χ0n) is 13.8. The van der Waals surface area contributed by atoms with Gasteiger partial charge in [-0.1, -0.05) is 0 Å². The van der Waals surface area contributed by atoms with Gasteiger partial charge in [0.2, 0.25) is 0 Å². The van der Waals surface area contributed by atoms with Crippen LogP contribution in [0.5, 0.6) is 0 Å². The number of aryl methyl sites for hydroxylation is 2. The highest BCUT2D eigenvalue weighted by Gasteiger charge is 2.27. The third-order valence-corrected chi connectivity index (χ3v) is 4.60. The number of nitriles is 1. The van der Waals surface area contributed by atoms with Crippen molar-refractivity contribution in [1.29, 1.82) is 5.26 Å². The first-order valence-electron chi connectivity index (χ1n) is 7.72. The lowest BCUT2D eigenvalue weighted by molar-refractivity contribution is -0.118. The molecule has 2 aromatic heterocycles. The van der Waals surface area contributed by atoms with Crippen LogP contribution in [0.4, 0.5) is 9.93 Å². The molecule has 1 fully saturated rings.